The predicted molar refractivity (Wildman–Crippen MR) is 45.6 cm³/mol. The minimum atomic E-state index is -1.31. The van der Waals surface area contributed by atoms with Gasteiger partial charge in [0, 0.05) is 18.6 Å². The third-order valence-electron chi connectivity index (χ3n) is 1.50. The van der Waals surface area contributed by atoms with Gasteiger partial charge in [0.25, 0.3) is 5.91 Å². The van der Waals surface area contributed by atoms with Crippen LogP contribution < -0.4 is 0 Å². The molecule has 0 radical (unpaired) electrons. The lowest BCUT2D eigenvalue weighted by Gasteiger charge is -2.25. The Kier molecular flexibility index (Phi) is 2.28. The molecule has 0 bridgehead atoms. The van der Waals surface area contributed by atoms with Gasteiger partial charge in [-0.25, -0.2) is 0 Å². The fraction of sp³-hybridized carbons (Fsp3) is 0.500. The van der Waals surface area contributed by atoms with Crippen molar-refractivity contribution in [1.82, 2.24) is 4.90 Å². The van der Waals surface area contributed by atoms with E-state index in [1.54, 1.807) is 12.4 Å². The molecule has 1 heterocycles. The molecule has 0 fully saturated rings. The monoisotopic (exact) mass is 168 g/mol. The lowest BCUT2D eigenvalue weighted by Crippen LogP contribution is -2.43. The van der Waals surface area contributed by atoms with Crippen LogP contribution in [0.2, 0.25) is 0 Å². The molecule has 12 heavy (non-hydrogen) atoms. The van der Waals surface area contributed by atoms with Crippen LogP contribution in [0.15, 0.2) is 17.4 Å². The quantitative estimate of drug-likeness (QED) is 0.605. The minimum Gasteiger partial charge on any atom is -0.381 e. The van der Waals surface area contributed by atoms with Crippen LogP contribution in [0.3, 0.4) is 0 Å². The molecule has 0 atom stereocenters. The first-order valence-corrected chi connectivity index (χ1v) is 3.73. The molecule has 1 amide bonds. The van der Waals surface area contributed by atoms with Gasteiger partial charge in [-0.1, -0.05) is 0 Å². The smallest absolute Gasteiger partial charge is 0.258 e. The van der Waals surface area contributed by atoms with Crippen LogP contribution in [0.1, 0.15) is 13.8 Å². The maximum absolute atomic E-state index is 11.4. The average Bonchev–Trinajstić information content (AvgIpc) is 2.03. The maximum atomic E-state index is 11.4. The molecule has 4 heteroatoms. The zero-order valence-corrected chi connectivity index (χ0v) is 7.19. The summed E-state index contributed by atoms with van der Waals surface area (Å²) in [5.41, 5.74) is -1.31. The van der Waals surface area contributed by atoms with Crippen LogP contribution in [0, 0.1) is 0 Å². The molecule has 66 valence electrons. The molecule has 1 rings (SSSR count). The molecule has 0 saturated heterocycles. The summed E-state index contributed by atoms with van der Waals surface area (Å²) in [5.74, 6) is -0.315. The fourth-order valence-electron chi connectivity index (χ4n) is 0.878. The van der Waals surface area contributed by atoms with E-state index in [1.165, 1.54) is 24.9 Å². The van der Waals surface area contributed by atoms with Crippen molar-refractivity contribution < 1.29 is 9.90 Å². The van der Waals surface area contributed by atoms with Gasteiger partial charge in [0.2, 0.25) is 0 Å². The van der Waals surface area contributed by atoms with E-state index in [4.69, 9.17) is 0 Å². The van der Waals surface area contributed by atoms with E-state index in [1.807, 2.05) is 0 Å². The van der Waals surface area contributed by atoms with Crippen molar-refractivity contribution >= 4 is 12.1 Å². The normalized spacial score (nSPS) is 16.8. The molecule has 1 N–H and O–H groups in total. The van der Waals surface area contributed by atoms with Gasteiger partial charge in [-0.2, -0.15) is 0 Å². The Balaban J connectivity index is 2.66. The fourth-order valence-corrected chi connectivity index (χ4v) is 0.878. The van der Waals surface area contributed by atoms with Gasteiger partial charge in [-0.3, -0.25) is 9.79 Å². The number of nitrogens with zero attached hydrogens (tertiary/aromatic N) is 2. The number of amides is 1. The number of carbonyl (C=O) groups is 1. The van der Waals surface area contributed by atoms with Gasteiger partial charge in [-0.05, 0) is 13.8 Å². The highest BCUT2D eigenvalue weighted by Gasteiger charge is 2.28. The standard InChI is InChI=1S/C8H12N2O2/c1-8(2,12)7(11)10-5-3-9-4-6-10/h3-5,12H,6H2,1-2H3. The van der Waals surface area contributed by atoms with E-state index < -0.39 is 5.60 Å². The molecule has 0 aromatic heterocycles. The zero-order valence-electron chi connectivity index (χ0n) is 7.19. The van der Waals surface area contributed by atoms with Gasteiger partial charge in [0.05, 0.1) is 6.54 Å². The molecule has 0 unspecified atom stereocenters. The van der Waals surface area contributed by atoms with E-state index in [9.17, 15) is 9.90 Å². The van der Waals surface area contributed by atoms with Crippen LogP contribution in [0.4, 0.5) is 0 Å². The Labute approximate surface area is 71.2 Å². The molecule has 1 aliphatic heterocycles. The van der Waals surface area contributed by atoms with Gasteiger partial charge in [0.15, 0.2) is 0 Å². The Morgan fingerprint density at radius 2 is 2.33 bits per heavy atom. The molecule has 0 aliphatic carbocycles. The number of aliphatic imine (C=N–C) groups is 1. The third-order valence-corrected chi connectivity index (χ3v) is 1.50. The first kappa shape index (κ1) is 8.93. The van der Waals surface area contributed by atoms with Crippen molar-refractivity contribution in [3.8, 4) is 0 Å². The van der Waals surface area contributed by atoms with Crippen molar-refractivity contribution in [2.24, 2.45) is 4.99 Å². The van der Waals surface area contributed by atoms with E-state index >= 15 is 0 Å². The van der Waals surface area contributed by atoms with Gasteiger partial charge >= 0.3 is 0 Å². The van der Waals surface area contributed by atoms with Gasteiger partial charge in [0.1, 0.15) is 5.60 Å². The summed E-state index contributed by atoms with van der Waals surface area (Å²) in [6.07, 6.45) is 4.69. The number of hydrogen-bond donors (Lipinski definition) is 1. The second kappa shape index (κ2) is 3.06. The Bertz CT molecular complexity index is 238. The highest BCUT2D eigenvalue weighted by molar-refractivity contribution is 5.87. The second-order valence-corrected chi connectivity index (χ2v) is 3.15. The van der Waals surface area contributed by atoms with E-state index in [2.05, 4.69) is 4.99 Å². The van der Waals surface area contributed by atoms with Crippen molar-refractivity contribution in [2.75, 3.05) is 6.54 Å². The number of carbonyl (C=O) groups excluding carboxylic acids is 1. The zero-order chi connectivity index (χ0) is 9.19. The molecule has 0 spiro atoms. The van der Waals surface area contributed by atoms with Crippen molar-refractivity contribution in [3.63, 3.8) is 0 Å². The summed E-state index contributed by atoms with van der Waals surface area (Å²) >= 11 is 0. The molecule has 1 aliphatic rings. The summed E-state index contributed by atoms with van der Waals surface area (Å²) in [7, 11) is 0. The number of rotatable bonds is 1. The van der Waals surface area contributed by atoms with Crippen LogP contribution in [0.5, 0.6) is 0 Å². The molecule has 4 nitrogen and oxygen atoms in total. The largest absolute Gasteiger partial charge is 0.381 e. The van der Waals surface area contributed by atoms with Crippen LogP contribution >= 0.6 is 0 Å². The Morgan fingerprint density at radius 1 is 1.67 bits per heavy atom. The summed E-state index contributed by atoms with van der Waals surface area (Å²) in [4.78, 5) is 16.6. The summed E-state index contributed by atoms with van der Waals surface area (Å²) < 4.78 is 0. The van der Waals surface area contributed by atoms with Gasteiger partial charge < -0.3 is 10.0 Å². The number of aliphatic hydroxyl groups is 1. The summed E-state index contributed by atoms with van der Waals surface area (Å²) in [6.45, 7) is 3.36. The predicted octanol–water partition coefficient (Wildman–Crippen LogP) is 0.142. The van der Waals surface area contributed by atoms with Crippen molar-refractivity contribution in [2.45, 2.75) is 19.4 Å². The molecule has 0 saturated carbocycles. The van der Waals surface area contributed by atoms with Crippen LogP contribution in [-0.2, 0) is 4.79 Å². The topological polar surface area (TPSA) is 52.9 Å². The summed E-state index contributed by atoms with van der Waals surface area (Å²) in [6, 6.07) is 0. The molecular formula is C8H12N2O2. The van der Waals surface area contributed by atoms with E-state index in [-0.39, 0.29) is 5.91 Å². The third kappa shape index (κ3) is 1.92. The molecule has 0 aromatic carbocycles. The van der Waals surface area contributed by atoms with E-state index in [0.717, 1.165) is 0 Å². The van der Waals surface area contributed by atoms with Crippen LogP contribution in [-0.4, -0.2) is 34.3 Å². The Morgan fingerprint density at radius 3 is 2.75 bits per heavy atom. The SMILES string of the molecule is CC(C)(O)C(=O)N1C=CN=CC1. The molecule has 0 aromatic rings. The summed E-state index contributed by atoms with van der Waals surface area (Å²) in [5, 5.41) is 9.37. The first-order valence-electron chi connectivity index (χ1n) is 3.73. The first-order chi connectivity index (χ1) is 5.52. The second-order valence-electron chi connectivity index (χ2n) is 3.15. The average molecular weight is 168 g/mol. The van der Waals surface area contributed by atoms with E-state index in [0.29, 0.717) is 6.54 Å². The van der Waals surface area contributed by atoms with Crippen molar-refractivity contribution in [1.29, 1.82) is 0 Å². The Hall–Kier alpha value is -1.16. The van der Waals surface area contributed by atoms with Gasteiger partial charge in [-0.15, -0.1) is 0 Å². The lowest BCUT2D eigenvalue weighted by molar-refractivity contribution is -0.144. The van der Waals surface area contributed by atoms with Crippen LogP contribution in [0.25, 0.3) is 0 Å². The minimum absolute atomic E-state index is 0.315. The maximum Gasteiger partial charge on any atom is 0.258 e. The molecular weight excluding hydrogens is 156 g/mol. The lowest BCUT2D eigenvalue weighted by atomic mass is 10.1. The highest BCUT2D eigenvalue weighted by atomic mass is 16.3. The highest BCUT2D eigenvalue weighted by Crippen LogP contribution is 2.08. The van der Waals surface area contributed by atoms with Crippen molar-refractivity contribution in [3.05, 3.63) is 12.4 Å². The number of hydrogen-bond acceptors (Lipinski definition) is 3.